The standard InChI is InChI=1S/C28H31N3O4S/c1-21-9-8-13-24(22(21)2)29-15-17-30(18-16-29)28(32)27-19-31(25-12-6-7-14-26(25)35-27)36(33,34)20-23-10-4-3-5-11-23/h3-14,27H,15-20H2,1-2H3/t27-/m0/s1. The molecule has 2 aliphatic rings. The number of piperazine rings is 1. The van der Waals surface area contributed by atoms with E-state index in [2.05, 4.69) is 36.9 Å². The van der Waals surface area contributed by atoms with Crippen molar-refractivity contribution in [3.05, 3.63) is 89.5 Å². The van der Waals surface area contributed by atoms with Crippen LogP contribution in [0.1, 0.15) is 16.7 Å². The van der Waals surface area contributed by atoms with Crippen LogP contribution in [-0.4, -0.2) is 58.1 Å². The number of amides is 1. The normalized spacial score (nSPS) is 17.9. The highest BCUT2D eigenvalue weighted by molar-refractivity contribution is 7.92. The van der Waals surface area contributed by atoms with Gasteiger partial charge in [0.25, 0.3) is 5.91 Å². The summed E-state index contributed by atoms with van der Waals surface area (Å²) in [5, 5.41) is 0. The summed E-state index contributed by atoms with van der Waals surface area (Å²) in [4.78, 5) is 17.6. The van der Waals surface area contributed by atoms with Crippen LogP contribution in [0.4, 0.5) is 11.4 Å². The van der Waals surface area contributed by atoms with Crippen molar-refractivity contribution in [1.29, 1.82) is 0 Å². The van der Waals surface area contributed by atoms with Crippen molar-refractivity contribution in [3.8, 4) is 5.75 Å². The molecule has 3 aromatic carbocycles. The van der Waals surface area contributed by atoms with Gasteiger partial charge in [-0.2, -0.15) is 0 Å². The molecule has 0 saturated carbocycles. The van der Waals surface area contributed by atoms with Gasteiger partial charge < -0.3 is 14.5 Å². The van der Waals surface area contributed by atoms with Gasteiger partial charge in [-0.15, -0.1) is 0 Å². The van der Waals surface area contributed by atoms with Gasteiger partial charge in [0.15, 0.2) is 6.10 Å². The summed E-state index contributed by atoms with van der Waals surface area (Å²) in [5.41, 5.74) is 4.87. The number of hydrogen-bond donors (Lipinski definition) is 0. The Bertz CT molecular complexity index is 1350. The molecule has 0 aromatic heterocycles. The maximum Gasteiger partial charge on any atom is 0.265 e. The van der Waals surface area contributed by atoms with E-state index in [-0.39, 0.29) is 18.2 Å². The molecule has 3 aromatic rings. The molecule has 8 heteroatoms. The van der Waals surface area contributed by atoms with Crippen molar-refractivity contribution in [1.82, 2.24) is 4.90 Å². The largest absolute Gasteiger partial charge is 0.476 e. The highest BCUT2D eigenvalue weighted by Crippen LogP contribution is 2.36. The fourth-order valence-corrected chi connectivity index (χ4v) is 6.49. The predicted octanol–water partition coefficient (Wildman–Crippen LogP) is 3.75. The van der Waals surface area contributed by atoms with Gasteiger partial charge in [-0.05, 0) is 48.7 Å². The van der Waals surface area contributed by atoms with Gasteiger partial charge >= 0.3 is 0 Å². The molecular formula is C28H31N3O4S. The van der Waals surface area contributed by atoms with Crippen LogP contribution < -0.4 is 13.9 Å². The summed E-state index contributed by atoms with van der Waals surface area (Å²) >= 11 is 0. The van der Waals surface area contributed by atoms with Crippen molar-refractivity contribution >= 4 is 27.3 Å². The van der Waals surface area contributed by atoms with Crippen LogP contribution in [0.3, 0.4) is 0 Å². The highest BCUT2D eigenvalue weighted by atomic mass is 32.2. The molecule has 7 nitrogen and oxygen atoms in total. The Morgan fingerprint density at radius 3 is 2.28 bits per heavy atom. The molecule has 36 heavy (non-hydrogen) atoms. The third-order valence-corrected chi connectivity index (χ3v) is 8.76. The van der Waals surface area contributed by atoms with Crippen LogP contribution in [0.15, 0.2) is 72.8 Å². The first-order chi connectivity index (χ1) is 17.3. The summed E-state index contributed by atoms with van der Waals surface area (Å²) in [6, 6.07) is 22.4. The van der Waals surface area contributed by atoms with E-state index in [0.29, 0.717) is 30.1 Å². The topological polar surface area (TPSA) is 70.2 Å². The van der Waals surface area contributed by atoms with E-state index in [9.17, 15) is 13.2 Å². The summed E-state index contributed by atoms with van der Waals surface area (Å²) in [6.45, 7) is 6.75. The Morgan fingerprint density at radius 2 is 1.53 bits per heavy atom. The lowest BCUT2D eigenvalue weighted by molar-refractivity contribution is -0.138. The van der Waals surface area contributed by atoms with E-state index >= 15 is 0 Å². The monoisotopic (exact) mass is 505 g/mol. The number of hydrogen-bond acceptors (Lipinski definition) is 5. The zero-order valence-electron chi connectivity index (χ0n) is 20.6. The van der Waals surface area contributed by atoms with E-state index < -0.39 is 16.1 Å². The lowest BCUT2D eigenvalue weighted by Gasteiger charge is -2.40. The van der Waals surface area contributed by atoms with Gasteiger partial charge in [0, 0.05) is 31.9 Å². The lowest BCUT2D eigenvalue weighted by atomic mass is 10.1. The Hall–Kier alpha value is -3.52. The maximum atomic E-state index is 13.5. The molecule has 1 fully saturated rings. The van der Waals surface area contributed by atoms with Crippen LogP contribution in [0.2, 0.25) is 0 Å². The number of ether oxygens (including phenoxy) is 1. The Labute approximate surface area is 212 Å². The first kappa shape index (κ1) is 24.2. The minimum absolute atomic E-state index is 0.0395. The second-order valence-corrected chi connectivity index (χ2v) is 11.3. The fraction of sp³-hybridized carbons (Fsp3) is 0.321. The molecule has 0 radical (unpaired) electrons. The average molecular weight is 506 g/mol. The number of anilines is 2. The quantitative estimate of drug-likeness (QED) is 0.528. The van der Waals surface area contributed by atoms with E-state index in [1.807, 2.05) is 18.2 Å². The van der Waals surface area contributed by atoms with Gasteiger partial charge in [0.05, 0.1) is 18.0 Å². The minimum Gasteiger partial charge on any atom is -0.476 e. The first-order valence-electron chi connectivity index (χ1n) is 12.2. The number of nitrogens with zero attached hydrogens (tertiary/aromatic N) is 3. The number of carbonyl (C=O) groups is 1. The third-order valence-electron chi connectivity index (χ3n) is 7.05. The van der Waals surface area contributed by atoms with E-state index in [4.69, 9.17) is 4.74 Å². The van der Waals surface area contributed by atoms with Gasteiger partial charge in [-0.25, -0.2) is 8.42 Å². The molecule has 5 rings (SSSR count). The van der Waals surface area contributed by atoms with Crippen LogP contribution >= 0.6 is 0 Å². The van der Waals surface area contributed by atoms with Crippen molar-refractivity contribution in [3.63, 3.8) is 0 Å². The second kappa shape index (κ2) is 9.85. The molecule has 2 aliphatic heterocycles. The number of benzene rings is 3. The third kappa shape index (κ3) is 4.78. The van der Waals surface area contributed by atoms with Crippen molar-refractivity contribution in [2.24, 2.45) is 0 Å². The van der Waals surface area contributed by atoms with E-state index in [0.717, 1.165) is 13.1 Å². The van der Waals surface area contributed by atoms with Gasteiger partial charge in [-0.3, -0.25) is 9.10 Å². The second-order valence-electron chi connectivity index (χ2n) is 9.38. The molecule has 1 saturated heterocycles. The average Bonchev–Trinajstić information content (AvgIpc) is 2.89. The van der Waals surface area contributed by atoms with E-state index in [1.54, 1.807) is 41.3 Å². The molecule has 0 unspecified atom stereocenters. The molecule has 0 N–H and O–H groups in total. The van der Waals surface area contributed by atoms with Gasteiger partial charge in [-0.1, -0.05) is 54.6 Å². The minimum atomic E-state index is -3.73. The van der Waals surface area contributed by atoms with Gasteiger partial charge in [0.1, 0.15) is 5.75 Å². The first-order valence-corrected chi connectivity index (χ1v) is 13.8. The van der Waals surface area contributed by atoms with Crippen LogP contribution in [0.25, 0.3) is 0 Å². The molecule has 0 aliphatic carbocycles. The summed E-state index contributed by atoms with van der Waals surface area (Å²) < 4.78 is 34.3. The van der Waals surface area contributed by atoms with Crippen molar-refractivity contribution in [2.45, 2.75) is 25.7 Å². The summed E-state index contributed by atoms with van der Waals surface area (Å²) in [7, 11) is -3.73. The van der Waals surface area contributed by atoms with Gasteiger partial charge in [0.2, 0.25) is 10.0 Å². The predicted molar refractivity (Wildman–Crippen MR) is 142 cm³/mol. The molecule has 188 valence electrons. The van der Waals surface area contributed by atoms with Crippen LogP contribution in [0, 0.1) is 13.8 Å². The SMILES string of the molecule is Cc1cccc(N2CCN(C(=O)[C@@H]3CN(S(=O)(=O)Cc4ccccc4)c4ccccc4O3)CC2)c1C. The smallest absolute Gasteiger partial charge is 0.265 e. The Kier molecular flexibility index (Phi) is 6.62. The summed E-state index contributed by atoms with van der Waals surface area (Å²) in [6.07, 6.45) is -0.891. The molecule has 2 heterocycles. The van der Waals surface area contributed by atoms with Crippen molar-refractivity contribution < 1.29 is 17.9 Å². The Balaban J connectivity index is 1.32. The number of rotatable bonds is 5. The molecule has 1 atom stereocenters. The molecule has 1 amide bonds. The highest BCUT2D eigenvalue weighted by Gasteiger charge is 2.39. The van der Waals surface area contributed by atoms with E-state index in [1.165, 1.54) is 21.1 Å². The number of para-hydroxylation sites is 2. The molecule has 0 bridgehead atoms. The molecular weight excluding hydrogens is 474 g/mol. The Morgan fingerprint density at radius 1 is 0.861 bits per heavy atom. The number of aryl methyl sites for hydroxylation is 1. The van der Waals surface area contributed by atoms with Crippen LogP contribution in [0.5, 0.6) is 5.75 Å². The zero-order chi connectivity index (χ0) is 25.3. The molecule has 0 spiro atoms. The zero-order valence-corrected chi connectivity index (χ0v) is 21.4. The number of carbonyl (C=O) groups excluding carboxylic acids is 1. The number of fused-ring (bicyclic) bond motifs is 1. The fourth-order valence-electron chi connectivity index (χ4n) is 4.91. The summed E-state index contributed by atoms with van der Waals surface area (Å²) in [5.74, 6) is 0.0928. The van der Waals surface area contributed by atoms with Crippen LogP contribution in [-0.2, 0) is 20.6 Å². The number of sulfonamides is 1. The maximum absolute atomic E-state index is 13.5. The lowest BCUT2D eigenvalue weighted by Crippen LogP contribution is -2.56. The van der Waals surface area contributed by atoms with Crippen molar-refractivity contribution in [2.75, 3.05) is 41.9 Å².